The number of hydrogen-bond acceptors (Lipinski definition) is 4. The number of benzene rings is 2. The van der Waals surface area contributed by atoms with Crippen LogP contribution in [0.5, 0.6) is 0 Å². The van der Waals surface area contributed by atoms with Crippen molar-refractivity contribution in [2.24, 2.45) is 0 Å². The van der Waals surface area contributed by atoms with Crippen molar-refractivity contribution in [1.29, 1.82) is 0 Å². The van der Waals surface area contributed by atoms with Crippen LogP contribution in [0.15, 0.2) is 65.9 Å². The molecule has 2 heterocycles. The van der Waals surface area contributed by atoms with Crippen LogP contribution in [-0.4, -0.2) is 36.1 Å². The average molecular weight is 405 g/mol. The van der Waals surface area contributed by atoms with E-state index in [2.05, 4.69) is 15.5 Å². The Morgan fingerprint density at radius 1 is 1.03 bits per heavy atom. The minimum Gasteiger partial charge on any atom is -0.509 e. The molecule has 0 aliphatic carbocycles. The second kappa shape index (κ2) is 9.03. The summed E-state index contributed by atoms with van der Waals surface area (Å²) >= 11 is 0. The van der Waals surface area contributed by atoms with Crippen LogP contribution in [-0.2, 0) is 16.0 Å². The third kappa shape index (κ3) is 4.48. The summed E-state index contributed by atoms with van der Waals surface area (Å²) in [4.78, 5) is 27.3. The number of aliphatic hydroxyl groups is 1. The Bertz CT molecular complexity index is 932. The van der Waals surface area contributed by atoms with Gasteiger partial charge in [-0.15, -0.1) is 0 Å². The molecule has 30 heavy (non-hydrogen) atoms. The van der Waals surface area contributed by atoms with Crippen LogP contribution in [0, 0.1) is 0 Å². The first-order valence-corrected chi connectivity index (χ1v) is 10.6. The molecule has 0 aromatic heterocycles. The predicted molar refractivity (Wildman–Crippen MR) is 117 cm³/mol. The lowest BCUT2D eigenvalue weighted by Crippen LogP contribution is -2.30. The SMILES string of the molecule is O=C(Nc1ccc(N2CCCCC2)cc1)C1=C(O)C(CCc2ccccc2)NC1=O. The van der Waals surface area contributed by atoms with Crippen molar-refractivity contribution in [3.63, 3.8) is 0 Å². The lowest BCUT2D eigenvalue weighted by Gasteiger charge is -2.28. The highest BCUT2D eigenvalue weighted by molar-refractivity contribution is 6.24. The molecule has 6 heteroatoms. The number of carbonyl (C=O) groups is 2. The normalized spacial score (nSPS) is 19.0. The maximum absolute atomic E-state index is 12.6. The van der Waals surface area contributed by atoms with E-state index in [0.717, 1.165) is 24.3 Å². The summed E-state index contributed by atoms with van der Waals surface area (Å²) in [6.45, 7) is 2.11. The molecule has 6 nitrogen and oxygen atoms in total. The van der Waals surface area contributed by atoms with Gasteiger partial charge in [0.2, 0.25) is 0 Å². The summed E-state index contributed by atoms with van der Waals surface area (Å²) in [6, 6.07) is 16.9. The molecule has 1 saturated heterocycles. The van der Waals surface area contributed by atoms with Crippen LogP contribution in [0.25, 0.3) is 0 Å². The number of hydrogen-bond donors (Lipinski definition) is 3. The molecule has 2 aliphatic rings. The second-order valence-corrected chi connectivity index (χ2v) is 7.86. The third-order valence-electron chi connectivity index (χ3n) is 5.76. The molecule has 2 amide bonds. The maximum atomic E-state index is 12.6. The highest BCUT2D eigenvalue weighted by Crippen LogP contribution is 2.24. The summed E-state index contributed by atoms with van der Waals surface area (Å²) < 4.78 is 0. The lowest BCUT2D eigenvalue weighted by atomic mass is 10.0. The van der Waals surface area contributed by atoms with E-state index in [1.165, 1.54) is 19.3 Å². The van der Waals surface area contributed by atoms with Crippen molar-refractivity contribution < 1.29 is 14.7 Å². The fourth-order valence-electron chi connectivity index (χ4n) is 4.07. The number of rotatable bonds is 6. The number of carbonyl (C=O) groups excluding carboxylic acids is 2. The molecular weight excluding hydrogens is 378 g/mol. The fraction of sp³-hybridized carbons (Fsp3) is 0.333. The van der Waals surface area contributed by atoms with Gasteiger partial charge in [-0.25, -0.2) is 0 Å². The van der Waals surface area contributed by atoms with E-state index in [4.69, 9.17) is 0 Å². The van der Waals surface area contributed by atoms with Crippen molar-refractivity contribution >= 4 is 23.2 Å². The van der Waals surface area contributed by atoms with Crippen LogP contribution in [0.3, 0.4) is 0 Å². The molecule has 2 aromatic rings. The Morgan fingerprint density at radius 3 is 2.43 bits per heavy atom. The Labute approximate surface area is 176 Å². The van der Waals surface area contributed by atoms with Gasteiger partial charge in [-0.1, -0.05) is 30.3 Å². The van der Waals surface area contributed by atoms with E-state index in [-0.39, 0.29) is 11.3 Å². The largest absolute Gasteiger partial charge is 0.509 e. The Hall–Kier alpha value is -3.28. The van der Waals surface area contributed by atoms with Gasteiger partial charge in [0.25, 0.3) is 11.8 Å². The molecule has 2 aliphatic heterocycles. The maximum Gasteiger partial charge on any atom is 0.264 e. The lowest BCUT2D eigenvalue weighted by molar-refractivity contribution is -0.120. The van der Waals surface area contributed by atoms with E-state index in [1.807, 2.05) is 54.6 Å². The fourth-order valence-corrected chi connectivity index (χ4v) is 4.07. The van der Waals surface area contributed by atoms with Crippen molar-refractivity contribution in [2.45, 2.75) is 38.1 Å². The van der Waals surface area contributed by atoms with Gasteiger partial charge >= 0.3 is 0 Å². The van der Waals surface area contributed by atoms with Crippen LogP contribution >= 0.6 is 0 Å². The Kier molecular flexibility index (Phi) is 6.02. The first kappa shape index (κ1) is 20.0. The van der Waals surface area contributed by atoms with Crippen LogP contribution < -0.4 is 15.5 Å². The van der Waals surface area contributed by atoms with E-state index >= 15 is 0 Å². The van der Waals surface area contributed by atoms with Gasteiger partial charge in [-0.3, -0.25) is 9.59 Å². The molecule has 0 spiro atoms. The van der Waals surface area contributed by atoms with E-state index < -0.39 is 17.9 Å². The topological polar surface area (TPSA) is 81.7 Å². The van der Waals surface area contributed by atoms with Gasteiger partial charge in [0.1, 0.15) is 11.3 Å². The number of nitrogens with one attached hydrogen (secondary N) is 2. The van der Waals surface area contributed by atoms with Crippen molar-refractivity contribution in [2.75, 3.05) is 23.3 Å². The number of nitrogens with zero attached hydrogens (tertiary/aromatic N) is 1. The average Bonchev–Trinajstić information content (AvgIpc) is 3.07. The minimum absolute atomic E-state index is 0.182. The monoisotopic (exact) mass is 405 g/mol. The van der Waals surface area contributed by atoms with Gasteiger partial charge in [0, 0.05) is 24.5 Å². The quantitative estimate of drug-likeness (QED) is 0.642. The summed E-state index contributed by atoms with van der Waals surface area (Å²) in [5.74, 6) is -1.30. The Morgan fingerprint density at radius 2 is 1.73 bits per heavy atom. The smallest absolute Gasteiger partial charge is 0.264 e. The molecule has 0 bridgehead atoms. The van der Waals surface area contributed by atoms with Crippen molar-refractivity contribution in [3.05, 3.63) is 71.5 Å². The Balaban J connectivity index is 1.39. The number of aryl methyl sites for hydroxylation is 1. The number of anilines is 2. The second-order valence-electron chi connectivity index (χ2n) is 7.86. The highest BCUT2D eigenvalue weighted by Gasteiger charge is 2.35. The summed E-state index contributed by atoms with van der Waals surface area (Å²) in [5.41, 5.74) is 2.65. The van der Waals surface area contributed by atoms with Gasteiger partial charge in [-0.2, -0.15) is 0 Å². The van der Waals surface area contributed by atoms with E-state index in [0.29, 0.717) is 18.5 Å². The van der Waals surface area contributed by atoms with Crippen molar-refractivity contribution in [1.82, 2.24) is 5.32 Å². The van der Waals surface area contributed by atoms with Gasteiger partial charge in [-0.05, 0) is 61.9 Å². The molecular formula is C24H27N3O3. The predicted octanol–water partition coefficient (Wildman–Crippen LogP) is 3.56. The molecule has 1 fully saturated rings. The molecule has 1 atom stereocenters. The van der Waals surface area contributed by atoms with Crippen LogP contribution in [0.1, 0.15) is 31.2 Å². The number of aliphatic hydroxyl groups excluding tert-OH is 1. The molecule has 4 rings (SSSR count). The van der Waals surface area contributed by atoms with E-state index in [9.17, 15) is 14.7 Å². The van der Waals surface area contributed by atoms with Gasteiger partial charge < -0.3 is 20.6 Å². The summed E-state index contributed by atoms with van der Waals surface area (Å²) in [7, 11) is 0. The summed E-state index contributed by atoms with van der Waals surface area (Å²) in [6.07, 6.45) is 4.90. The molecule has 156 valence electrons. The number of amides is 2. The molecule has 0 radical (unpaired) electrons. The number of piperidine rings is 1. The standard InChI is InChI=1S/C24H27N3O3/c28-22-20(14-9-17-7-3-1-4-8-17)26-24(30)21(22)23(29)25-18-10-12-19(13-11-18)27-15-5-2-6-16-27/h1,3-4,7-8,10-13,20,28H,2,5-6,9,14-16H2,(H,25,29)(H,26,30). The zero-order valence-corrected chi connectivity index (χ0v) is 16.9. The van der Waals surface area contributed by atoms with Crippen LogP contribution in [0.2, 0.25) is 0 Å². The van der Waals surface area contributed by atoms with E-state index in [1.54, 1.807) is 0 Å². The molecule has 3 N–H and O–H groups in total. The third-order valence-corrected chi connectivity index (χ3v) is 5.76. The molecule has 1 unspecified atom stereocenters. The molecule has 2 aromatic carbocycles. The van der Waals surface area contributed by atoms with Crippen molar-refractivity contribution in [3.8, 4) is 0 Å². The minimum atomic E-state index is -0.585. The summed E-state index contributed by atoms with van der Waals surface area (Å²) in [5, 5.41) is 15.9. The van der Waals surface area contributed by atoms with Gasteiger partial charge in [0.15, 0.2) is 0 Å². The van der Waals surface area contributed by atoms with Crippen LogP contribution in [0.4, 0.5) is 11.4 Å². The first-order chi connectivity index (χ1) is 14.6. The zero-order chi connectivity index (χ0) is 20.9. The van der Waals surface area contributed by atoms with Gasteiger partial charge in [0.05, 0.1) is 6.04 Å². The first-order valence-electron chi connectivity index (χ1n) is 10.6. The zero-order valence-electron chi connectivity index (χ0n) is 16.9. The molecule has 0 saturated carbocycles. The highest BCUT2D eigenvalue weighted by atomic mass is 16.3.